The van der Waals surface area contributed by atoms with E-state index in [0.29, 0.717) is 0 Å². The quantitative estimate of drug-likeness (QED) is 0.302. The molecule has 0 radical (unpaired) electrons. The van der Waals surface area contributed by atoms with Crippen molar-refractivity contribution in [1.29, 1.82) is 0 Å². The van der Waals surface area contributed by atoms with Crippen LogP contribution in [0.2, 0.25) is 0 Å². The van der Waals surface area contributed by atoms with Gasteiger partial charge in [0.1, 0.15) is 11.4 Å². The van der Waals surface area contributed by atoms with E-state index in [1.165, 1.54) is 38.2 Å². The zero-order chi connectivity index (χ0) is 20.3. The predicted molar refractivity (Wildman–Crippen MR) is 123 cm³/mol. The van der Waals surface area contributed by atoms with Gasteiger partial charge < -0.3 is 4.74 Å². The van der Waals surface area contributed by atoms with Gasteiger partial charge in [0.05, 0.1) is 0 Å². The molecule has 0 N–H and O–H groups in total. The van der Waals surface area contributed by atoms with Gasteiger partial charge in [-0.2, -0.15) is 0 Å². The molecule has 1 aliphatic rings. The summed E-state index contributed by atoms with van der Waals surface area (Å²) in [5.41, 5.74) is 3.38. The van der Waals surface area contributed by atoms with Gasteiger partial charge in [0, 0.05) is 16.5 Å². The summed E-state index contributed by atoms with van der Waals surface area (Å²) in [6.45, 7) is 12.3. The van der Waals surface area contributed by atoms with Crippen molar-refractivity contribution in [3.63, 3.8) is 0 Å². The summed E-state index contributed by atoms with van der Waals surface area (Å²) in [4.78, 5) is 0. The fraction of sp³-hybridized carbons (Fsp3) is 0.259. The van der Waals surface area contributed by atoms with E-state index in [-0.39, 0.29) is 5.60 Å². The third-order valence-corrected chi connectivity index (χ3v) is 5.06. The molecular weight excluding hydrogens is 340 g/mol. The van der Waals surface area contributed by atoms with Gasteiger partial charge in [-0.25, -0.2) is 0 Å². The standard InChI is InChI=1S/C23H18O.2C2H6/c1-23(2)21-17-9-5-3-7-15(17)11-13-19(21)20-14-12-16-8-4-6-10-18(16)22(20)24-23;2*1-2/h3-14H,1-2H3;2*1-2H3. The van der Waals surface area contributed by atoms with Crippen molar-refractivity contribution >= 4 is 21.5 Å². The highest BCUT2D eigenvalue weighted by atomic mass is 16.5. The first-order valence-electron chi connectivity index (χ1n) is 10.4. The van der Waals surface area contributed by atoms with Crippen LogP contribution in [0.3, 0.4) is 0 Å². The van der Waals surface area contributed by atoms with Crippen molar-refractivity contribution in [2.45, 2.75) is 47.1 Å². The maximum Gasteiger partial charge on any atom is 0.136 e. The van der Waals surface area contributed by atoms with Gasteiger partial charge in [0.25, 0.3) is 0 Å². The number of rotatable bonds is 0. The molecule has 144 valence electrons. The molecule has 0 bridgehead atoms. The highest BCUT2D eigenvalue weighted by molar-refractivity contribution is 6.00. The highest BCUT2D eigenvalue weighted by Crippen LogP contribution is 2.50. The largest absolute Gasteiger partial charge is 0.482 e. The Kier molecular flexibility index (Phi) is 5.74. The Morgan fingerprint density at radius 3 is 1.71 bits per heavy atom. The summed E-state index contributed by atoms with van der Waals surface area (Å²) in [6, 6.07) is 25.9. The molecule has 0 atom stereocenters. The second-order valence-electron chi connectivity index (χ2n) is 6.99. The van der Waals surface area contributed by atoms with E-state index in [0.717, 1.165) is 5.75 Å². The second kappa shape index (κ2) is 8.06. The van der Waals surface area contributed by atoms with Crippen LogP contribution < -0.4 is 4.74 Å². The summed E-state index contributed by atoms with van der Waals surface area (Å²) in [7, 11) is 0. The minimum atomic E-state index is -0.368. The highest BCUT2D eigenvalue weighted by Gasteiger charge is 2.34. The van der Waals surface area contributed by atoms with E-state index in [9.17, 15) is 0 Å². The van der Waals surface area contributed by atoms with Crippen LogP contribution in [-0.4, -0.2) is 0 Å². The van der Waals surface area contributed by atoms with E-state index in [2.05, 4.69) is 86.6 Å². The van der Waals surface area contributed by atoms with Crippen molar-refractivity contribution in [2.24, 2.45) is 0 Å². The Bertz CT molecular complexity index is 1110. The van der Waals surface area contributed by atoms with Gasteiger partial charge in [-0.15, -0.1) is 0 Å². The van der Waals surface area contributed by atoms with Gasteiger partial charge in [-0.1, -0.05) is 94.4 Å². The van der Waals surface area contributed by atoms with Gasteiger partial charge in [0.15, 0.2) is 0 Å². The fourth-order valence-corrected chi connectivity index (χ4v) is 4.02. The maximum absolute atomic E-state index is 6.57. The molecule has 1 heterocycles. The molecule has 1 nitrogen and oxygen atoms in total. The maximum atomic E-state index is 6.57. The molecule has 0 spiro atoms. The average Bonchev–Trinajstić information content (AvgIpc) is 2.75. The van der Waals surface area contributed by atoms with E-state index < -0.39 is 0 Å². The van der Waals surface area contributed by atoms with E-state index in [1.807, 2.05) is 27.7 Å². The summed E-state index contributed by atoms with van der Waals surface area (Å²) < 4.78 is 6.57. The molecule has 0 saturated heterocycles. The molecule has 0 aliphatic carbocycles. The van der Waals surface area contributed by atoms with Crippen LogP contribution in [0, 0.1) is 0 Å². The predicted octanol–water partition coefficient (Wildman–Crippen LogP) is 8.34. The number of benzene rings is 4. The van der Waals surface area contributed by atoms with Crippen molar-refractivity contribution in [3.8, 4) is 16.9 Å². The third-order valence-electron chi connectivity index (χ3n) is 5.06. The molecule has 5 rings (SSSR count). The van der Waals surface area contributed by atoms with Gasteiger partial charge in [0.2, 0.25) is 0 Å². The Morgan fingerprint density at radius 2 is 1.07 bits per heavy atom. The number of ether oxygens (including phenoxy) is 1. The summed E-state index contributed by atoms with van der Waals surface area (Å²) in [6.07, 6.45) is 0. The van der Waals surface area contributed by atoms with Crippen molar-refractivity contribution in [1.82, 2.24) is 0 Å². The summed E-state index contributed by atoms with van der Waals surface area (Å²) >= 11 is 0. The topological polar surface area (TPSA) is 9.23 Å². The first kappa shape index (κ1) is 19.9. The van der Waals surface area contributed by atoms with Crippen LogP contribution in [0.15, 0.2) is 72.8 Å². The number of fused-ring (bicyclic) bond motifs is 7. The molecule has 4 aromatic carbocycles. The zero-order valence-electron chi connectivity index (χ0n) is 17.8. The molecule has 0 aromatic heterocycles. The first-order chi connectivity index (χ1) is 13.6. The third kappa shape index (κ3) is 3.16. The van der Waals surface area contributed by atoms with Gasteiger partial charge in [-0.3, -0.25) is 0 Å². The Morgan fingerprint density at radius 1 is 0.571 bits per heavy atom. The summed E-state index contributed by atoms with van der Waals surface area (Å²) in [5, 5.41) is 4.94. The molecule has 0 fully saturated rings. The Balaban J connectivity index is 0.000000531. The SMILES string of the molecule is CC.CC.CC1(C)Oc2c(ccc3ccccc23)-c2ccc3ccccc3c21. The molecule has 1 aliphatic heterocycles. The molecule has 0 amide bonds. The van der Waals surface area contributed by atoms with Gasteiger partial charge in [-0.05, 0) is 41.6 Å². The van der Waals surface area contributed by atoms with Crippen LogP contribution in [0.25, 0.3) is 32.7 Å². The normalized spacial score (nSPS) is 13.2. The first-order valence-corrected chi connectivity index (χ1v) is 10.4. The molecular formula is C27H30O. The van der Waals surface area contributed by atoms with E-state index in [1.54, 1.807) is 0 Å². The average molecular weight is 371 g/mol. The second-order valence-corrected chi connectivity index (χ2v) is 6.99. The molecule has 1 heteroatoms. The number of hydrogen-bond donors (Lipinski definition) is 0. The molecule has 28 heavy (non-hydrogen) atoms. The minimum absolute atomic E-state index is 0.368. The van der Waals surface area contributed by atoms with E-state index >= 15 is 0 Å². The zero-order valence-corrected chi connectivity index (χ0v) is 17.8. The lowest BCUT2D eigenvalue weighted by atomic mass is 9.82. The lowest BCUT2D eigenvalue weighted by molar-refractivity contribution is 0.109. The summed E-state index contributed by atoms with van der Waals surface area (Å²) in [5.74, 6) is 1.00. The van der Waals surface area contributed by atoms with Crippen molar-refractivity contribution in [3.05, 3.63) is 78.4 Å². The molecule has 0 saturated carbocycles. The number of hydrogen-bond acceptors (Lipinski definition) is 1. The van der Waals surface area contributed by atoms with Crippen molar-refractivity contribution in [2.75, 3.05) is 0 Å². The van der Waals surface area contributed by atoms with Crippen LogP contribution in [0.4, 0.5) is 0 Å². The van der Waals surface area contributed by atoms with Crippen LogP contribution in [0.1, 0.15) is 47.1 Å². The smallest absolute Gasteiger partial charge is 0.136 e. The molecule has 4 aromatic rings. The van der Waals surface area contributed by atoms with Crippen LogP contribution >= 0.6 is 0 Å². The minimum Gasteiger partial charge on any atom is -0.482 e. The lowest BCUT2D eigenvalue weighted by Gasteiger charge is -2.36. The Labute approximate surface area is 169 Å². The fourth-order valence-electron chi connectivity index (χ4n) is 4.02. The van der Waals surface area contributed by atoms with E-state index in [4.69, 9.17) is 4.74 Å². The Hall–Kier alpha value is -2.80. The van der Waals surface area contributed by atoms with Crippen LogP contribution in [-0.2, 0) is 5.60 Å². The monoisotopic (exact) mass is 370 g/mol. The lowest BCUT2D eigenvalue weighted by Crippen LogP contribution is -2.29. The van der Waals surface area contributed by atoms with Crippen molar-refractivity contribution < 1.29 is 4.74 Å². The van der Waals surface area contributed by atoms with Gasteiger partial charge >= 0.3 is 0 Å². The molecule has 0 unspecified atom stereocenters. The van der Waals surface area contributed by atoms with Crippen LogP contribution in [0.5, 0.6) is 5.75 Å².